The molecule has 0 atom stereocenters. The van der Waals surface area contributed by atoms with Crippen LogP contribution in [-0.2, 0) is 11.3 Å². The highest BCUT2D eigenvalue weighted by Crippen LogP contribution is 2.33. The van der Waals surface area contributed by atoms with E-state index in [2.05, 4.69) is 38.4 Å². The Morgan fingerprint density at radius 3 is 2.82 bits per heavy atom. The molecule has 0 bridgehead atoms. The second-order valence-electron chi connectivity index (χ2n) is 5.14. The van der Waals surface area contributed by atoms with Gasteiger partial charge in [0.25, 0.3) is 0 Å². The number of likely N-dealkylation sites (tertiary alicyclic amines) is 1. The fraction of sp³-hybridized carbons (Fsp3) is 0.667. The van der Waals surface area contributed by atoms with Gasteiger partial charge in [-0.05, 0) is 47.4 Å². The Labute approximate surface area is 114 Å². The van der Waals surface area contributed by atoms with Crippen LogP contribution < -0.4 is 0 Å². The summed E-state index contributed by atoms with van der Waals surface area (Å²) >= 11 is 2.27. The molecule has 1 aliphatic carbocycles. The number of hydrogen-bond donors (Lipinski definition) is 0. The molecule has 4 nitrogen and oxygen atoms in total. The van der Waals surface area contributed by atoms with Gasteiger partial charge >= 0.3 is 0 Å². The number of carbonyl (C=O) groups excluding carboxylic acids is 1. The summed E-state index contributed by atoms with van der Waals surface area (Å²) in [4.78, 5) is 13.1. The Kier molecular flexibility index (Phi) is 2.88. The number of aromatic nitrogens is 2. The van der Waals surface area contributed by atoms with Crippen molar-refractivity contribution in [3.05, 3.63) is 15.5 Å². The first-order valence-corrected chi connectivity index (χ1v) is 7.20. The molecular formula is C12H16IN3O. The molecule has 0 radical (unpaired) electrons. The van der Waals surface area contributed by atoms with Crippen molar-refractivity contribution in [3.8, 4) is 0 Å². The molecule has 0 spiro atoms. The Morgan fingerprint density at radius 2 is 2.24 bits per heavy atom. The van der Waals surface area contributed by atoms with Crippen LogP contribution >= 0.6 is 22.6 Å². The fourth-order valence-corrected chi connectivity index (χ4v) is 2.92. The summed E-state index contributed by atoms with van der Waals surface area (Å²) in [5.74, 6) is 1.52. The highest BCUT2D eigenvalue weighted by molar-refractivity contribution is 14.1. The molecule has 1 aromatic heterocycles. The van der Waals surface area contributed by atoms with Crippen molar-refractivity contribution in [2.45, 2.75) is 32.2 Å². The van der Waals surface area contributed by atoms with Crippen LogP contribution in [0.2, 0.25) is 0 Å². The normalized spacial score (nSPS) is 20.5. The average Bonchev–Trinajstić information content (AvgIpc) is 2.89. The van der Waals surface area contributed by atoms with Gasteiger partial charge in [0.15, 0.2) is 0 Å². The number of rotatable bonds is 3. The summed E-state index contributed by atoms with van der Waals surface area (Å²) in [5, 5.41) is 4.56. The van der Waals surface area contributed by atoms with Gasteiger partial charge in [-0.1, -0.05) is 0 Å². The van der Waals surface area contributed by atoms with Crippen molar-refractivity contribution in [2.75, 3.05) is 13.1 Å². The standard InChI is InChI=1S/C12H16IN3O/c1-8(17)15-6-10(7-15)11-4-12(13)14-16(11)5-9-2-3-9/h4,9-10H,2-3,5-7H2,1H3. The van der Waals surface area contributed by atoms with Crippen LogP contribution in [0, 0.1) is 9.62 Å². The molecule has 92 valence electrons. The van der Waals surface area contributed by atoms with E-state index in [9.17, 15) is 4.79 Å². The molecule has 1 amide bonds. The van der Waals surface area contributed by atoms with E-state index in [0.717, 1.165) is 29.3 Å². The van der Waals surface area contributed by atoms with E-state index < -0.39 is 0 Å². The van der Waals surface area contributed by atoms with E-state index in [1.807, 2.05) is 4.90 Å². The van der Waals surface area contributed by atoms with E-state index >= 15 is 0 Å². The summed E-state index contributed by atoms with van der Waals surface area (Å²) < 4.78 is 3.24. The first kappa shape index (κ1) is 11.5. The van der Waals surface area contributed by atoms with E-state index in [4.69, 9.17) is 0 Å². The van der Waals surface area contributed by atoms with Crippen molar-refractivity contribution in [3.63, 3.8) is 0 Å². The maximum atomic E-state index is 11.2. The zero-order valence-corrected chi connectivity index (χ0v) is 12.1. The molecule has 2 fully saturated rings. The molecule has 1 aromatic rings. The van der Waals surface area contributed by atoms with Crippen molar-refractivity contribution >= 4 is 28.5 Å². The van der Waals surface area contributed by atoms with Crippen LogP contribution in [0.25, 0.3) is 0 Å². The van der Waals surface area contributed by atoms with E-state index in [0.29, 0.717) is 5.92 Å². The topological polar surface area (TPSA) is 38.1 Å². The van der Waals surface area contributed by atoms with E-state index in [1.165, 1.54) is 18.5 Å². The average molecular weight is 345 g/mol. The van der Waals surface area contributed by atoms with Crippen LogP contribution in [-0.4, -0.2) is 33.7 Å². The lowest BCUT2D eigenvalue weighted by molar-refractivity contribution is -0.133. The second kappa shape index (κ2) is 4.26. The lowest BCUT2D eigenvalue weighted by Crippen LogP contribution is -2.48. The molecule has 2 heterocycles. The minimum atomic E-state index is 0.184. The van der Waals surface area contributed by atoms with Crippen LogP contribution in [0.15, 0.2) is 6.07 Å². The summed E-state index contributed by atoms with van der Waals surface area (Å²) in [6.45, 7) is 4.43. The van der Waals surface area contributed by atoms with Gasteiger partial charge in [-0.3, -0.25) is 9.48 Å². The van der Waals surface area contributed by atoms with Gasteiger partial charge < -0.3 is 4.90 Å². The zero-order chi connectivity index (χ0) is 12.0. The van der Waals surface area contributed by atoms with Gasteiger partial charge in [0.2, 0.25) is 5.91 Å². The quantitative estimate of drug-likeness (QED) is 0.785. The molecule has 17 heavy (non-hydrogen) atoms. The lowest BCUT2D eigenvalue weighted by Gasteiger charge is -2.38. The SMILES string of the molecule is CC(=O)N1CC(c2cc(I)nn2CC2CC2)C1. The number of halogens is 1. The molecule has 5 heteroatoms. The maximum Gasteiger partial charge on any atom is 0.219 e. The van der Waals surface area contributed by atoms with Crippen molar-refractivity contribution < 1.29 is 4.79 Å². The molecule has 0 N–H and O–H groups in total. The van der Waals surface area contributed by atoms with Gasteiger partial charge in [0.05, 0.1) is 0 Å². The smallest absolute Gasteiger partial charge is 0.219 e. The molecular weight excluding hydrogens is 329 g/mol. The first-order chi connectivity index (χ1) is 8.13. The van der Waals surface area contributed by atoms with Gasteiger partial charge in [-0.25, -0.2) is 0 Å². The van der Waals surface area contributed by atoms with Crippen molar-refractivity contribution in [1.29, 1.82) is 0 Å². The Morgan fingerprint density at radius 1 is 1.53 bits per heavy atom. The number of nitrogens with zero attached hydrogens (tertiary/aromatic N) is 3. The molecule has 1 saturated heterocycles. The molecule has 2 aliphatic rings. The molecule has 1 saturated carbocycles. The van der Waals surface area contributed by atoms with Gasteiger partial charge in [-0.15, -0.1) is 0 Å². The predicted octanol–water partition coefficient (Wildman–Crippen LogP) is 1.84. The van der Waals surface area contributed by atoms with Crippen molar-refractivity contribution in [2.24, 2.45) is 5.92 Å². The molecule has 0 aromatic carbocycles. The largest absolute Gasteiger partial charge is 0.341 e. The lowest BCUT2D eigenvalue weighted by atomic mass is 9.96. The Hall–Kier alpha value is -0.590. The minimum Gasteiger partial charge on any atom is -0.341 e. The number of amides is 1. The summed E-state index contributed by atoms with van der Waals surface area (Å²) in [5.41, 5.74) is 1.32. The molecule has 0 unspecified atom stereocenters. The fourth-order valence-electron chi connectivity index (χ4n) is 2.34. The monoisotopic (exact) mass is 345 g/mol. The number of carbonyl (C=O) groups is 1. The van der Waals surface area contributed by atoms with Crippen LogP contribution in [0.4, 0.5) is 0 Å². The third-order valence-corrected chi connectivity index (χ3v) is 4.18. The van der Waals surface area contributed by atoms with E-state index in [-0.39, 0.29) is 5.91 Å². The van der Waals surface area contributed by atoms with Gasteiger partial charge in [0.1, 0.15) is 3.70 Å². The van der Waals surface area contributed by atoms with Gasteiger partial charge in [0, 0.05) is 38.2 Å². The first-order valence-electron chi connectivity index (χ1n) is 6.12. The second-order valence-corrected chi connectivity index (χ2v) is 6.24. The predicted molar refractivity (Wildman–Crippen MR) is 72.7 cm³/mol. The minimum absolute atomic E-state index is 0.184. The molecule has 3 rings (SSSR count). The van der Waals surface area contributed by atoms with E-state index in [1.54, 1.807) is 6.92 Å². The third kappa shape index (κ3) is 2.34. The molecule has 1 aliphatic heterocycles. The highest BCUT2D eigenvalue weighted by atomic mass is 127. The van der Waals surface area contributed by atoms with Crippen LogP contribution in [0.5, 0.6) is 0 Å². The highest BCUT2D eigenvalue weighted by Gasteiger charge is 2.33. The van der Waals surface area contributed by atoms with Crippen LogP contribution in [0.3, 0.4) is 0 Å². The Bertz CT molecular complexity index is 447. The third-order valence-electron chi connectivity index (χ3n) is 3.65. The summed E-state index contributed by atoms with van der Waals surface area (Å²) in [6, 6.07) is 2.17. The van der Waals surface area contributed by atoms with Gasteiger partial charge in [-0.2, -0.15) is 5.10 Å². The Balaban J connectivity index is 1.71. The summed E-state index contributed by atoms with van der Waals surface area (Å²) in [7, 11) is 0. The van der Waals surface area contributed by atoms with Crippen molar-refractivity contribution in [1.82, 2.24) is 14.7 Å². The zero-order valence-electron chi connectivity index (χ0n) is 9.90. The number of hydrogen-bond acceptors (Lipinski definition) is 2. The summed E-state index contributed by atoms with van der Waals surface area (Å²) in [6.07, 6.45) is 2.69. The maximum absolute atomic E-state index is 11.2. The van der Waals surface area contributed by atoms with Crippen LogP contribution in [0.1, 0.15) is 31.4 Å².